The van der Waals surface area contributed by atoms with E-state index in [1.54, 1.807) is 25.1 Å². The molecule has 0 aromatic heterocycles. The molecule has 0 spiro atoms. The lowest BCUT2D eigenvalue weighted by Gasteiger charge is -2.23. The Bertz CT molecular complexity index is 653. The fourth-order valence-electron chi connectivity index (χ4n) is 2.88. The summed E-state index contributed by atoms with van der Waals surface area (Å²) < 4.78 is 25.4. The van der Waals surface area contributed by atoms with E-state index in [-0.39, 0.29) is 16.2 Å². The summed E-state index contributed by atoms with van der Waals surface area (Å²) in [6, 6.07) is 8.03. The summed E-state index contributed by atoms with van der Waals surface area (Å²) in [4.78, 5) is 11.1. The van der Waals surface area contributed by atoms with Gasteiger partial charge in [-0.05, 0) is 12.1 Å². The van der Waals surface area contributed by atoms with Crippen LogP contribution in [0.5, 0.6) is 0 Å². The van der Waals surface area contributed by atoms with Crippen molar-refractivity contribution in [2.24, 2.45) is 5.92 Å². The van der Waals surface area contributed by atoms with Gasteiger partial charge in [0.25, 0.3) is 0 Å². The van der Waals surface area contributed by atoms with Crippen molar-refractivity contribution in [1.29, 1.82) is 0 Å². The highest BCUT2D eigenvalue weighted by atomic mass is 32.2. The van der Waals surface area contributed by atoms with Crippen LogP contribution in [-0.4, -0.2) is 24.1 Å². The van der Waals surface area contributed by atoms with Crippen LogP contribution in [-0.2, 0) is 9.84 Å². The lowest BCUT2D eigenvalue weighted by atomic mass is 9.91. The molecule has 0 radical (unpaired) electrons. The van der Waals surface area contributed by atoms with Crippen molar-refractivity contribution >= 4 is 9.84 Å². The number of nitrogens with zero attached hydrogens (tertiary/aromatic N) is 1. The zero-order chi connectivity index (χ0) is 15.1. The van der Waals surface area contributed by atoms with Crippen molar-refractivity contribution < 1.29 is 13.3 Å². The molecule has 20 heavy (non-hydrogen) atoms. The van der Waals surface area contributed by atoms with E-state index in [9.17, 15) is 18.5 Å². The van der Waals surface area contributed by atoms with Crippen LogP contribution in [0.2, 0.25) is 0 Å². The minimum absolute atomic E-state index is 0.0951. The van der Waals surface area contributed by atoms with Crippen LogP contribution in [0.1, 0.15) is 20.3 Å². The van der Waals surface area contributed by atoms with E-state index >= 15 is 0 Å². The molecular formula is C14H17NO4S. The van der Waals surface area contributed by atoms with Crippen LogP contribution in [0.3, 0.4) is 0 Å². The van der Waals surface area contributed by atoms with Crippen LogP contribution in [0, 0.1) is 16.0 Å². The van der Waals surface area contributed by atoms with Crippen molar-refractivity contribution in [3.8, 4) is 0 Å². The maximum Gasteiger partial charge on any atom is 0.227 e. The van der Waals surface area contributed by atoms with E-state index in [0.29, 0.717) is 5.57 Å². The minimum Gasteiger partial charge on any atom is -0.264 e. The Morgan fingerprint density at radius 2 is 1.90 bits per heavy atom. The molecule has 1 aromatic rings. The SMILES string of the molecule is C=C1C[C@@](C)([N+](=O)[O-])[C@@H](C)[C@@H]1S(=O)(=O)c1ccccc1. The summed E-state index contributed by atoms with van der Waals surface area (Å²) in [5.41, 5.74) is -0.857. The lowest BCUT2D eigenvalue weighted by molar-refractivity contribution is -0.571. The third-order valence-electron chi connectivity index (χ3n) is 4.25. The molecule has 2 rings (SSSR count). The quantitative estimate of drug-likeness (QED) is 0.487. The average Bonchev–Trinajstić information content (AvgIpc) is 2.62. The first-order valence-electron chi connectivity index (χ1n) is 6.32. The predicted molar refractivity (Wildman–Crippen MR) is 75.7 cm³/mol. The molecule has 0 heterocycles. The summed E-state index contributed by atoms with van der Waals surface area (Å²) >= 11 is 0. The highest BCUT2D eigenvalue weighted by molar-refractivity contribution is 7.92. The summed E-state index contributed by atoms with van der Waals surface area (Å²) in [6.07, 6.45) is 0.0951. The number of hydrogen-bond acceptors (Lipinski definition) is 4. The van der Waals surface area contributed by atoms with Gasteiger partial charge in [-0.1, -0.05) is 37.3 Å². The Morgan fingerprint density at radius 1 is 1.35 bits per heavy atom. The van der Waals surface area contributed by atoms with E-state index in [4.69, 9.17) is 0 Å². The number of nitro groups is 1. The standard InChI is InChI=1S/C14H17NO4S/c1-10-9-14(3,15(16)17)11(2)13(10)20(18,19)12-7-5-4-6-8-12/h4-8,11,13H,1,9H2,2-3H3/t11-,13+,14+/m0/s1. The van der Waals surface area contributed by atoms with Gasteiger partial charge < -0.3 is 0 Å². The average molecular weight is 295 g/mol. The summed E-state index contributed by atoms with van der Waals surface area (Å²) in [6.45, 7) is 6.88. The van der Waals surface area contributed by atoms with Gasteiger partial charge in [0.05, 0.1) is 10.1 Å². The smallest absolute Gasteiger partial charge is 0.227 e. The van der Waals surface area contributed by atoms with Gasteiger partial charge in [0.2, 0.25) is 5.54 Å². The zero-order valence-corrected chi connectivity index (χ0v) is 12.3. The molecule has 3 atom stereocenters. The minimum atomic E-state index is -3.65. The van der Waals surface area contributed by atoms with Crippen molar-refractivity contribution in [1.82, 2.24) is 0 Å². The molecule has 1 fully saturated rings. The van der Waals surface area contributed by atoms with Crippen molar-refractivity contribution in [3.05, 3.63) is 52.6 Å². The third-order valence-corrected chi connectivity index (χ3v) is 6.58. The van der Waals surface area contributed by atoms with Crippen LogP contribution in [0.25, 0.3) is 0 Å². The second kappa shape index (κ2) is 4.70. The molecular weight excluding hydrogens is 278 g/mol. The summed E-state index contributed by atoms with van der Waals surface area (Å²) in [7, 11) is -3.65. The number of sulfone groups is 1. The van der Waals surface area contributed by atoms with Gasteiger partial charge in [-0.3, -0.25) is 10.1 Å². The maximum absolute atomic E-state index is 12.7. The number of hydrogen-bond donors (Lipinski definition) is 0. The Balaban J connectivity index is 2.49. The Hall–Kier alpha value is -1.69. The van der Waals surface area contributed by atoms with Crippen LogP contribution >= 0.6 is 0 Å². The van der Waals surface area contributed by atoms with Crippen molar-refractivity contribution in [3.63, 3.8) is 0 Å². The van der Waals surface area contributed by atoms with Crippen LogP contribution < -0.4 is 0 Å². The topological polar surface area (TPSA) is 77.3 Å². The van der Waals surface area contributed by atoms with Gasteiger partial charge in [0.1, 0.15) is 0 Å². The molecule has 5 nitrogen and oxygen atoms in total. The van der Waals surface area contributed by atoms with E-state index in [1.807, 2.05) is 0 Å². The van der Waals surface area contributed by atoms with Crippen LogP contribution in [0.4, 0.5) is 0 Å². The number of benzene rings is 1. The predicted octanol–water partition coefficient (Wildman–Crippen LogP) is 2.46. The normalized spacial score (nSPS) is 30.4. The largest absolute Gasteiger partial charge is 0.264 e. The first-order chi connectivity index (χ1) is 9.21. The van der Waals surface area contributed by atoms with Gasteiger partial charge in [0, 0.05) is 24.2 Å². The summed E-state index contributed by atoms with van der Waals surface area (Å²) in [5.74, 6) is -0.616. The lowest BCUT2D eigenvalue weighted by Crippen LogP contribution is -2.41. The molecule has 1 aromatic carbocycles. The highest BCUT2D eigenvalue weighted by Gasteiger charge is 2.58. The van der Waals surface area contributed by atoms with Gasteiger partial charge in [-0.2, -0.15) is 0 Å². The fourth-order valence-corrected chi connectivity index (χ4v) is 5.06. The van der Waals surface area contributed by atoms with E-state index in [1.165, 1.54) is 19.1 Å². The monoisotopic (exact) mass is 295 g/mol. The number of rotatable bonds is 3. The molecule has 108 valence electrons. The second-order valence-electron chi connectivity index (χ2n) is 5.52. The van der Waals surface area contributed by atoms with E-state index in [2.05, 4.69) is 6.58 Å². The molecule has 0 N–H and O–H groups in total. The first-order valence-corrected chi connectivity index (χ1v) is 7.87. The molecule has 0 amide bonds. The maximum atomic E-state index is 12.7. The molecule has 0 saturated heterocycles. The molecule has 1 saturated carbocycles. The Morgan fingerprint density at radius 3 is 2.35 bits per heavy atom. The van der Waals surface area contributed by atoms with Crippen molar-refractivity contribution in [2.75, 3.05) is 0 Å². The van der Waals surface area contributed by atoms with Gasteiger partial charge in [-0.15, -0.1) is 0 Å². The molecule has 1 aliphatic carbocycles. The third kappa shape index (κ3) is 2.04. The molecule has 0 unspecified atom stereocenters. The van der Waals surface area contributed by atoms with E-state index in [0.717, 1.165) is 0 Å². The Kier molecular flexibility index (Phi) is 3.46. The van der Waals surface area contributed by atoms with Gasteiger partial charge >= 0.3 is 0 Å². The molecule has 1 aliphatic rings. The van der Waals surface area contributed by atoms with Crippen LogP contribution in [0.15, 0.2) is 47.4 Å². The van der Waals surface area contributed by atoms with Crippen molar-refractivity contribution in [2.45, 2.75) is 36.0 Å². The highest BCUT2D eigenvalue weighted by Crippen LogP contribution is 2.45. The summed E-state index contributed by atoms with van der Waals surface area (Å²) in [5, 5.41) is 10.4. The van der Waals surface area contributed by atoms with Gasteiger partial charge in [0.15, 0.2) is 9.84 Å². The van der Waals surface area contributed by atoms with Gasteiger partial charge in [-0.25, -0.2) is 8.42 Å². The molecule has 0 bridgehead atoms. The molecule has 0 aliphatic heterocycles. The molecule has 6 heteroatoms. The fraction of sp³-hybridized carbons (Fsp3) is 0.429. The first kappa shape index (κ1) is 14.7. The van der Waals surface area contributed by atoms with E-state index < -0.39 is 26.5 Å². The Labute approximate surface area is 118 Å². The second-order valence-corrected chi connectivity index (χ2v) is 7.59. The zero-order valence-electron chi connectivity index (χ0n) is 11.4.